The predicted molar refractivity (Wildman–Crippen MR) is 162 cm³/mol. The molecule has 0 radical (unpaired) electrons. The maximum atomic E-state index is 13.2. The summed E-state index contributed by atoms with van der Waals surface area (Å²) in [5.41, 5.74) is 1.69. The molecule has 0 spiro atoms. The van der Waals surface area contributed by atoms with Crippen molar-refractivity contribution in [3.63, 3.8) is 0 Å². The smallest absolute Gasteiger partial charge is 0.408 e. The molecule has 2 aromatic rings. The number of benzene rings is 2. The normalized spacial score (nSPS) is 12.8. The molecule has 2 amide bonds. The van der Waals surface area contributed by atoms with Crippen molar-refractivity contribution in [2.75, 3.05) is 26.0 Å². The van der Waals surface area contributed by atoms with Crippen molar-refractivity contribution in [2.45, 2.75) is 71.1 Å². The lowest BCUT2D eigenvalue weighted by molar-refractivity contribution is -0.124. The lowest BCUT2D eigenvalue weighted by Gasteiger charge is -2.22. The molecule has 0 aliphatic carbocycles. The van der Waals surface area contributed by atoms with Crippen molar-refractivity contribution in [2.24, 2.45) is 0 Å². The van der Waals surface area contributed by atoms with E-state index >= 15 is 0 Å². The average Bonchev–Trinajstić information content (AvgIpc) is 2.96. The quantitative estimate of drug-likeness (QED) is 0.131. The van der Waals surface area contributed by atoms with Gasteiger partial charge < -0.3 is 29.5 Å². The van der Waals surface area contributed by atoms with Crippen LogP contribution in [0.3, 0.4) is 0 Å². The molecule has 232 valence electrons. The van der Waals surface area contributed by atoms with Crippen molar-refractivity contribution in [1.82, 2.24) is 10.6 Å². The summed E-state index contributed by atoms with van der Waals surface area (Å²) in [6.07, 6.45) is 1.48. The van der Waals surface area contributed by atoms with Crippen molar-refractivity contribution in [3.8, 4) is 0 Å². The van der Waals surface area contributed by atoms with E-state index in [1.54, 1.807) is 26.0 Å². The Morgan fingerprint density at radius 2 is 1.57 bits per heavy atom. The van der Waals surface area contributed by atoms with Gasteiger partial charge in [-0.15, -0.1) is 0 Å². The first-order valence-corrected chi connectivity index (χ1v) is 16.3. The minimum Gasteiger partial charge on any atom is -0.445 e. The summed E-state index contributed by atoms with van der Waals surface area (Å²) in [5, 5.41) is 15.9. The number of nitrogens with one attached hydrogen (secondary N) is 2. The maximum absolute atomic E-state index is 13.2. The molecule has 42 heavy (non-hydrogen) atoms. The molecule has 0 saturated heterocycles. The van der Waals surface area contributed by atoms with E-state index in [9.17, 15) is 24.1 Å². The number of ketones is 1. The molecule has 3 N–H and O–H groups in total. The number of unbranched alkanes of at least 4 members (excludes halogenated alkanes) is 2. The van der Waals surface area contributed by atoms with Crippen LogP contribution in [-0.4, -0.2) is 61.0 Å². The minimum absolute atomic E-state index is 0.0479. The van der Waals surface area contributed by atoms with E-state index in [0.717, 1.165) is 11.1 Å². The number of carbonyl (C=O) groups is 3. The van der Waals surface area contributed by atoms with Crippen LogP contribution >= 0.6 is 19.2 Å². The zero-order valence-corrected chi connectivity index (χ0v) is 25.9. The minimum atomic E-state index is -3.44. The van der Waals surface area contributed by atoms with Crippen LogP contribution in [-0.2, 0) is 41.0 Å². The second kappa shape index (κ2) is 19.4. The Morgan fingerprint density at radius 3 is 2.19 bits per heavy atom. The van der Waals surface area contributed by atoms with Gasteiger partial charge in [0, 0.05) is 11.4 Å². The monoisotopic (exact) mass is 624 g/mol. The zero-order chi connectivity index (χ0) is 30.8. The molecule has 2 aromatic carbocycles. The third-order valence-electron chi connectivity index (χ3n) is 6.25. The largest absolute Gasteiger partial charge is 0.445 e. The van der Waals surface area contributed by atoms with Crippen LogP contribution in [0, 0.1) is 0 Å². The number of hydrogen-bond donors (Lipinski definition) is 3. The first kappa shape index (κ1) is 35.4. The van der Waals surface area contributed by atoms with E-state index in [4.69, 9.17) is 25.4 Å². The molecule has 12 heteroatoms. The molecule has 1 unspecified atom stereocenters. The number of ether oxygens (including phenoxy) is 1. The number of rotatable bonds is 20. The highest BCUT2D eigenvalue weighted by atomic mass is 35.5. The molecule has 0 aliphatic rings. The van der Waals surface area contributed by atoms with E-state index < -0.39 is 31.7 Å². The highest BCUT2D eigenvalue weighted by molar-refractivity contribution is 7.54. The van der Waals surface area contributed by atoms with Gasteiger partial charge in [-0.1, -0.05) is 66.9 Å². The molecule has 2 atom stereocenters. The second-order valence-electron chi connectivity index (χ2n) is 9.72. The molecular formula is C30H42ClN2O8P. The summed E-state index contributed by atoms with van der Waals surface area (Å²) in [7, 11) is -3.44. The van der Waals surface area contributed by atoms with E-state index in [2.05, 4.69) is 10.6 Å². The first-order valence-electron chi connectivity index (χ1n) is 14.2. The lowest BCUT2D eigenvalue weighted by Crippen LogP contribution is -2.51. The van der Waals surface area contributed by atoms with Crippen LogP contribution in [0.5, 0.6) is 0 Å². The lowest BCUT2D eigenvalue weighted by atomic mass is 10.0. The van der Waals surface area contributed by atoms with Crippen LogP contribution in [0.15, 0.2) is 54.6 Å². The zero-order valence-electron chi connectivity index (χ0n) is 24.3. The van der Waals surface area contributed by atoms with E-state index in [1.165, 1.54) is 0 Å². The Balaban J connectivity index is 1.93. The molecule has 0 aromatic heterocycles. The Hall–Kier alpha value is -2.75. The van der Waals surface area contributed by atoms with Crippen LogP contribution in [0.25, 0.3) is 0 Å². The Bertz CT molecular complexity index is 1140. The van der Waals surface area contributed by atoms with Gasteiger partial charge in [-0.2, -0.15) is 0 Å². The molecular weight excluding hydrogens is 583 g/mol. The average molecular weight is 625 g/mol. The molecule has 0 heterocycles. The van der Waals surface area contributed by atoms with Crippen LogP contribution in [0.2, 0.25) is 5.02 Å². The third-order valence-corrected chi connectivity index (χ3v) is 8.55. The fourth-order valence-corrected chi connectivity index (χ4v) is 5.97. The van der Waals surface area contributed by atoms with Gasteiger partial charge in [0.15, 0.2) is 0 Å². The van der Waals surface area contributed by atoms with Gasteiger partial charge in [-0.3, -0.25) is 14.2 Å². The van der Waals surface area contributed by atoms with Gasteiger partial charge in [-0.05, 0) is 56.4 Å². The van der Waals surface area contributed by atoms with Gasteiger partial charge in [0.2, 0.25) is 5.91 Å². The number of hydrogen-bond acceptors (Lipinski definition) is 8. The number of aliphatic hydroxyl groups excluding tert-OH is 1. The maximum Gasteiger partial charge on any atom is 0.408 e. The Morgan fingerprint density at radius 1 is 0.905 bits per heavy atom. The first-order chi connectivity index (χ1) is 20.2. The molecule has 0 bridgehead atoms. The standard InChI is InChI=1S/C30H42ClN2O8P/c1-3-40-42(38,41-4-2)22-27(35)13-9-6-10-14-28(33-30(37)39-21-24-11-7-5-8-12-24)29(36)32-26(20-34)19-23-15-17-25(31)18-16-23/h5,7-8,11-12,15-18,26,28,34H,3-4,6,9-10,13-14,19-22H2,1-2H3,(H,32,36)(H,33,37)/t26-,28?/m0/s1. The van der Waals surface area contributed by atoms with Gasteiger partial charge in [-0.25, -0.2) is 4.79 Å². The topological polar surface area (TPSA) is 140 Å². The number of halogens is 1. The van der Waals surface area contributed by atoms with Crippen molar-refractivity contribution < 1.29 is 37.8 Å². The SMILES string of the molecule is CCOP(=O)(CC(=O)CCCCCC(NC(=O)OCc1ccccc1)C(=O)N[C@H](CO)Cc1ccc(Cl)cc1)OCC. The van der Waals surface area contributed by atoms with E-state index in [-0.39, 0.29) is 51.2 Å². The fourth-order valence-electron chi connectivity index (χ4n) is 4.21. The number of alkyl carbamates (subject to hydrolysis) is 1. The van der Waals surface area contributed by atoms with Crippen molar-refractivity contribution >= 4 is 37.0 Å². The summed E-state index contributed by atoms with van der Waals surface area (Å²) in [4.78, 5) is 38.1. The Labute approximate surface area is 253 Å². The predicted octanol–water partition coefficient (Wildman–Crippen LogP) is 5.44. The molecule has 0 saturated carbocycles. The number of amides is 2. The molecule has 2 rings (SSSR count). The van der Waals surface area contributed by atoms with Crippen LogP contribution < -0.4 is 10.6 Å². The summed E-state index contributed by atoms with van der Waals surface area (Å²) < 4.78 is 28.3. The fraction of sp³-hybridized carbons (Fsp3) is 0.500. The van der Waals surface area contributed by atoms with Crippen molar-refractivity contribution in [3.05, 3.63) is 70.7 Å². The molecule has 0 fully saturated rings. The summed E-state index contributed by atoms with van der Waals surface area (Å²) in [6, 6.07) is 14.8. The number of Topliss-reactive ketones (excluding diaryl/α,β-unsaturated/α-hetero) is 1. The summed E-state index contributed by atoms with van der Waals surface area (Å²) in [5.74, 6) is -0.671. The Kier molecular flexibility index (Phi) is 16.4. The number of carbonyl (C=O) groups excluding carboxylic acids is 3. The highest BCUT2D eigenvalue weighted by Gasteiger charge is 2.27. The van der Waals surface area contributed by atoms with Crippen LogP contribution in [0.1, 0.15) is 57.1 Å². The van der Waals surface area contributed by atoms with Crippen molar-refractivity contribution in [1.29, 1.82) is 0 Å². The summed E-state index contributed by atoms with van der Waals surface area (Å²) in [6.45, 7) is 3.50. The van der Waals surface area contributed by atoms with Gasteiger partial charge in [0.25, 0.3) is 0 Å². The molecule has 0 aliphatic heterocycles. The van der Waals surface area contributed by atoms with E-state index in [0.29, 0.717) is 30.7 Å². The summed E-state index contributed by atoms with van der Waals surface area (Å²) >= 11 is 5.95. The third kappa shape index (κ3) is 13.9. The van der Waals surface area contributed by atoms with E-state index in [1.807, 2.05) is 42.5 Å². The van der Waals surface area contributed by atoms with Gasteiger partial charge in [0.1, 0.15) is 24.6 Å². The molecule has 10 nitrogen and oxygen atoms in total. The van der Waals surface area contributed by atoms with Gasteiger partial charge in [0.05, 0.1) is 25.9 Å². The van der Waals surface area contributed by atoms with Gasteiger partial charge >= 0.3 is 13.7 Å². The number of aliphatic hydroxyl groups is 1. The van der Waals surface area contributed by atoms with Crippen LogP contribution in [0.4, 0.5) is 4.79 Å². The second-order valence-corrected chi connectivity index (χ2v) is 12.2. The highest BCUT2D eigenvalue weighted by Crippen LogP contribution is 2.48.